The second-order valence-electron chi connectivity index (χ2n) is 3.51. The summed E-state index contributed by atoms with van der Waals surface area (Å²) in [5.41, 5.74) is 2.52. The highest BCUT2D eigenvalue weighted by molar-refractivity contribution is 9.09. The van der Waals surface area contributed by atoms with Crippen LogP contribution < -0.4 is 5.32 Å². The van der Waals surface area contributed by atoms with Crippen molar-refractivity contribution in [2.45, 2.75) is 6.92 Å². The maximum Gasteiger partial charge on any atom is 0.235 e. The van der Waals surface area contributed by atoms with Crippen molar-refractivity contribution in [3.8, 4) is 0 Å². The predicted molar refractivity (Wildman–Crippen MR) is 68.9 cm³/mol. The molecule has 2 aromatic rings. The van der Waals surface area contributed by atoms with Crippen LogP contribution >= 0.6 is 15.9 Å². The number of alkyl halides is 1. The van der Waals surface area contributed by atoms with Crippen LogP contribution in [0.4, 0.5) is 5.69 Å². The minimum Gasteiger partial charge on any atom is -0.323 e. The Bertz CT molecular complexity index is 540. The first-order chi connectivity index (χ1) is 7.70. The van der Waals surface area contributed by atoms with E-state index in [0.717, 1.165) is 22.3 Å². The molecule has 0 radical (unpaired) electrons. The van der Waals surface area contributed by atoms with Gasteiger partial charge in [-0.2, -0.15) is 0 Å². The first-order valence-corrected chi connectivity index (χ1v) is 6.05. The lowest BCUT2D eigenvalue weighted by Crippen LogP contribution is -2.12. The smallest absolute Gasteiger partial charge is 0.235 e. The van der Waals surface area contributed by atoms with Crippen LogP contribution in [-0.4, -0.2) is 16.2 Å². The molecule has 0 bridgehead atoms. The first kappa shape index (κ1) is 11.1. The lowest BCUT2D eigenvalue weighted by Gasteiger charge is -2.07. The van der Waals surface area contributed by atoms with Gasteiger partial charge in [0.15, 0.2) is 0 Å². The Balaban J connectivity index is 2.52. The molecule has 0 unspecified atom stereocenters. The Morgan fingerprint density at radius 2 is 2.19 bits per heavy atom. The van der Waals surface area contributed by atoms with E-state index in [0.29, 0.717) is 0 Å². The summed E-state index contributed by atoms with van der Waals surface area (Å²) in [5, 5.41) is 4.13. The maximum atomic E-state index is 11.3. The Kier molecular flexibility index (Phi) is 3.19. The van der Waals surface area contributed by atoms with Crippen LogP contribution in [0.1, 0.15) is 5.69 Å². The number of aryl methyl sites for hydroxylation is 1. The van der Waals surface area contributed by atoms with Crippen molar-refractivity contribution in [2.75, 3.05) is 10.6 Å². The zero-order chi connectivity index (χ0) is 11.5. The van der Waals surface area contributed by atoms with Crippen LogP contribution in [0.5, 0.6) is 0 Å². The molecule has 1 aromatic heterocycles. The fraction of sp³-hybridized carbons (Fsp3) is 0.167. The van der Waals surface area contributed by atoms with Gasteiger partial charge in [0.2, 0.25) is 5.91 Å². The van der Waals surface area contributed by atoms with Crippen molar-refractivity contribution >= 4 is 38.4 Å². The van der Waals surface area contributed by atoms with Gasteiger partial charge in [-0.15, -0.1) is 0 Å². The summed E-state index contributed by atoms with van der Waals surface area (Å²) in [6.07, 6.45) is 0. The molecule has 0 saturated heterocycles. The van der Waals surface area contributed by atoms with Crippen LogP contribution in [0.2, 0.25) is 0 Å². The summed E-state index contributed by atoms with van der Waals surface area (Å²) in [5.74, 6) is -0.0733. The van der Waals surface area contributed by atoms with E-state index >= 15 is 0 Å². The van der Waals surface area contributed by atoms with Crippen LogP contribution in [0.3, 0.4) is 0 Å². The molecule has 0 saturated carbocycles. The number of para-hydroxylation sites is 1. The lowest BCUT2D eigenvalue weighted by molar-refractivity contribution is -0.113. The average molecular weight is 279 g/mol. The minimum atomic E-state index is -0.0733. The van der Waals surface area contributed by atoms with Crippen molar-refractivity contribution in [3.63, 3.8) is 0 Å². The maximum absolute atomic E-state index is 11.3. The first-order valence-electron chi connectivity index (χ1n) is 4.93. The number of rotatable bonds is 2. The number of carbonyl (C=O) groups excluding carboxylic acids is 1. The monoisotopic (exact) mass is 278 g/mol. The fourth-order valence-electron chi connectivity index (χ4n) is 1.53. The summed E-state index contributed by atoms with van der Waals surface area (Å²) in [6.45, 7) is 1.93. The van der Waals surface area contributed by atoms with Gasteiger partial charge in [-0.25, -0.2) is 0 Å². The predicted octanol–water partition coefficient (Wildman–Crippen LogP) is 2.88. The molecular formula is C12H11BrN2O. The summed E-state index contributed by atoms with van der Waals surface area (Å²) in [7, 11) is 0. The fourth-order valence-corrected chi connectivity index (χ4v) is 1.67. The van der Waals surface area contributed by atoms with Crippen molar-refractivity contribution in [1.29, 1.82) is 0 Å². The van der Waals surface area contributed by atoms with E-state index in [4.69, 9.17) is 0 Å². The molecule has 82 valence electrons. The highest BCUT2D eigenvalue weighted by atomic mass is 79.9. The summed E-state index contributed by atoms with van der Waals surface area (Å²) < 4.78 is 0. The minimum absolute atomic E-state index is 0.0733. The van der Waals surface area contributed by atoms with Crippen molar-refractivity contribution in [3.05, 3.63) is 36.0 Å². The number of hydrogen-bond donors (Lipinski definition) is 1. The van der Waals surface area contributed by atoms with Gasteiger partial charge in [-0.3, -0.25) is 9.78 Å². The quantitative estimate of drug-likeness (QED) is 0.859. The van der Waals surface area contributed by atoms with E-state index in [1.165, 1.54) is 0 Å². The van der Waals surface area contributed by atoms with E-state index in [-0.39, 0.29) is 11.2 Å². The number of fused-ring (bicyclic) bond motifs is 1. The van der Waals surface area contributed by atoms with E-state index in [1.54, 1.807) is 0 Å². The molecule has 0 aliphatic rings. The third kappa shape index (κ3) is 2.22. The molecule has 0 fully saturated rings. The van der Waals surface area contributed by atoms with Gasteiger partial charge in [0.1, 0.15) is 0 Å². The standard InChI is InChI=1S/C12H11BrN2O/c1-8-5-6-9-3-2-4-10(12(9)14-8)15-11(16)7-13/h2-6H,7H2,1H3,(H,15,16). The molecule has 3 nitrogen and oxygen atoms in total. The van der Waals surface area contributed by atoms with E-state index in [2.05, 4.69) is 26.2 Å². The Hall–Kier alpha value is -1.42. The molecule has 1 heterocycles. The number of halogens is 1. The van der Waals surface area contributed by atoms with Crippen molar-refractivity contribution < 1.29 is 4.79 Å². The number of carbonyl (C=O) groups is 1. The van der Waals surface area contributed by atoms with Gasteiger partial charge in [0.05, 0.1) is 16.5 Å². The Labute approximate surface area is 102 Å². The van der Waals surface area contributed by atoms with Gasteiger partial charge < -0.3 is 5.32 Å². The molecule has 0 atom stereocenters. The molecule has 4 heteroatoms. The number of anilines is 1. The third-order valence-electron chi connectivity index (χ3n) is 2.25. The van der Waals surface area contributed by atoms with Crippen LogP contribution in [0.25, 0.3) is 10.9 Å². The molecule has 0 aliphatic heterocycles. The molecule has 2 rings (SSSR count). The van der Waals surface area contributed by atoms with Crippen molar-refractivity contribution in [2.24, 2.45) is 0 Å². The highest BCUT2D eigenvalue weighted by Crippen LogP contribution is 2.21. The zero-order valence-corrected chi connectivity index (χ0v) is 10.4. The number of hydrogen-bond acceptors (Lipinski definition) is 2. The SMILES string of the molecule is Cc1ccc2cccc(NC(=O)CBr)c2n1. The largest absolute Gasteiger partial charge is 0.323 e. The Morgan fingerprint density at radius 3 is 2.94 bits per heavy atom. The van der Waals surface area contributed by atoms with Gasteiger partial charge in [-0.05, 0) is 19.1 Å². The molecule has 1 N–H and O–H groups in total. The third-order valence-corrected chi connectivity index (χ3v) is 2.76. The molecule has 0 aliphatic carbocycles. The van der Waals surface area contributed by atoms with E-state index in [1.807, 2.05) is 37.3 Å². The second kappa shape index (κ2) is 4.61. The summed E-state index contributed by atoms with van der Waals surface area (Å²) in [6, 6.07) is 9.70. The van der Waals surface area contributed by atoms with Crippen LogP contribution in [-0.2, 0) is 4.79 Å². The number of nitrogens with zero attached hydrogens (tertiary/aromatic N) is 1. The molecule has 1 amide bonds. The Morgan fingerprint density at radius 1 is 1.38 bits per heavy atom. The number of pyridine rings is 1. The van der Waals surface area contributed by atoms with E-state index < -0.39 is 0 Å². The number of nitrogens with one attached hydrogen (secondary N) is 1. The molecule has 16 heavy (non-hydrogen) atoms. The van der Waals surface area contributed by atoms with Crippen molar-refractivity contribution in [1.82, 2.24) is 4.98 Å². The van der Waals surface area contributed by atoms with Crippen LogP contribution in [0.15, 0.2) is 30.3 Å². The molecule has 1 aromatic carbocycles. The normalized spacial score (nSPS) is 10.4. The van der Waals surface area contributed by atoms with Gasteiger partial charge >= 0.3 is 0 Å². The highest BCUT2D eigenvalue weighted by Gasteiger charge is 2.05. The second-order valence-corrected chi connectivity index (χ2v) is 4.07. The number of aromatic nitrogens is 1. The topological polar surface area (TPSA) is 42.0 Å². The van der Waals surface area contributed by atoms with E-state index in [9.17, 15) is 4.79 Å². The summed E-state index contributed by atoms with van der Waals surface area (Å²) in [4.78, 5) is 15.8. The lowest BCUT2D eigenvalue weighted by atomic mass is 10.2. The molecular weight excluding hydrogens is 268 g/mol. The molecule has 0 spiro atoms. The van der Waals surface area contributed by atoms with Gasteiger partial charge in [0, 0.05) is 11.1 Å². The van der Waals surface area contributed by atoms with Crippen LogP contribution in [0, 0.1) is 6.92 Å². The zero-order valence-electron chi connectivity index (χ0n) is 8.83. The summed E-state index contributed by atoms with van der Waals surface area (Å²) >= 11 is 3.12. The number of benzene rings is 1. The van der Waals surface area contributed by atoms with Gasteiger partial charge in [-0.1, -0.05) is 34.1 Å². The average Bonchev–Trinajstić information content (AvgIpc) is 2.29. The number of amides is 1. The van der Waals surface area contributed by atoms with Gasteiger partial charge in [0.25, 0.3) is 0 Å².